The summed E-state index contributed by atoms with van der Waals surface area (Å²) < 4.78 is 5.24. The van der Waals surface area contributed by atoms with Crippen LogP contribution in [0.5, 0.6) is 0 Å². The third kappa shape index (κ3) is 3.62. The van der Waals surface area contributed by atoms with Crippen LogP contribution in [0.3, 0.4) is 0 Å². The normalized spacial score (nSPS) is 34.1. The summed E-state index contributed by atoms with van der Waals surface area (Å²) in [4.78, 5) is 50.3. The number of amides is 3. The Balaban J connectivity index is 1.67. The average Bonchev–Trinajstić information content (AvgIpc) is 2.71. The van der Waals surface area contributed by atoms with Gasteiger partial charge in [0.1, 0.15) is 12.1 Å². The number of carbonyl (C=O) groups excluding carboxylic acids is 4. The molecule has 26 heavy (non-hydrogen) atoms. The van der Waals surface area contributed by atoms with Crippen LogP contribution in [0.15, 0.2) is 0 Å². The SMILES string of the molecule is C[C@@H]1CC(C)(C)C[C@@]2(C1)NC(=O)N(CC(=O)O[C@@H]1CCCCC1=O)C2=O. The molecule has 0 bridgehead atoms. The Morgan fingerprint density at radius 2 is 1.96 bits per heavy atom. The molecule has 1 N–H and O–H groups in total. The lowest BCUT2D eigenvalue weighted by molar-refractivity contribution is -0.158. The summed E-state index contributed by atoms with van der Waals surface area (Å²) in [6.45, 7) is 5.82. The lowest BCUT2D eigenvalue weighted by Gasteiger charge is -2.43. The van der Waals surface area contributed by atoms with Crippen molar-refractivity contribution in [3.8, 4) is 0 Å². The zero-order valence-electron chi connectivity index (χ0n) is 15.8. The first-order valence-electron chi connectivity index (χ1n) is 9.48. The van der Waals surface area contributed by atoms with Gasteiger partial charge in [-0.2, -0.15) is 0 Å². The van der Waals surface area contributed by atoms with Crippen LogP contribution in [-0.4, -0.2) is 46.8 Å². The van der Waals surface area contributed by atoms with E-state index >= 15 is 0 Å². The van der Waals surface area contributed by atoms with E-state index in [-0.39, 0.29) is 17.1 Å². The highest BCUT2D eigenvalue weighted by atomic mass is 16.5. The topological polar surface area (TPSA) is 92.8 Å². The number of ketones is 1. The van der Waals surface area contributed by atoms with E-state index in [4.69, 9.17) is 4.74 Å². The molecule has 3 atom stereocenters. The first kappa shape index (κ1) is 18.9. The Morgan fingerprint density at radius 1 is 1.23 bits per heavy atom. The lowest BCUT2D eigenvalue weighted by Crippen LogP contribution is -2.54. The second-order valence-corrected chi connectivity index (χ2v) is 8.95. The van der Waals surface area contributed by atoms with Gasteiger partial charge in [0.25, 0.3) is 5.91 Å². The number of urea groups is 1. The molecule has 3 rings (SSSR count). The van der Waals surface area contributed by atoms with Gasteiger partial charge in [-0.15, -0.1) is 0 Å². The zero-order chi connectivity index (χ0) is 19.1. The van der Waals surface area contributed by atoms with Crippen molar-refractivity contribution < 1.29 is 23.9 Å². The molecule has 7 heteroatoms. The Labute approximate surface area is 153 Å². The van der Waals surface area contributed by atoms with Crippen LogP contribution in [0, 0.1) is 11.3 Å². The van der Waals surface area contributed by atoms with Gasteiger partial charge in [-0.1, -0.05) is 20.8 Å². The minimum Gasteiger partial charge on any atom is -0.453 e. The van der Waals surface area contributed by atoms with Crippen molar-refractivity contribution in [2.24, 2.45) is 11.3 Å². The summed E-state index contributed by atoms with van der Waals surface area (Å²) in [5.41, 5.74) is -0.995. The van der Waals surface area contributed by atoms with Crippen LogP contribution in [-0.2, 0) is 19.1 Å². The molecular weight excluding hydrogens is 336 g/mol. The molecule has 1 aliphatic heterocycles. The molecule has 1 spiro atoms. The standard InChI is InChI=1S/C19H28N2O5/c1-12-8-18(2,3)11-19(9-12)16(24)21(17(25)20-19)10-15(23)26-14-7-5-4-6-13(14)22/h12,14H,4-11H2,1-3H3,(H,20,25)/t12-,14-,19-/m1/s1. The average molecular weight is 364 g/mol. The van der Waals surface area contributed by atoms with Crippen LogP contribution in [0.4, 0.5) is 4.79 Å². The Morgan fingerprint density at radius 3 is 2.62 bits per heavy atom. The number of nitrogens with one attached hydrogen (secondary N) is 1. The second kappa shape index (κ2) is 6.67. The van der Waals surface area contributed by atoms with Crippen molar-refractivity contribution in [1.82, 2.24) is 10.2 Å². The molecule has 3 fully saturated rings. The van der Waals surface area contributed by atoms with Gasteiger partial charge in [-0.3, -0.25) is 19.3 Å². The number of rotatable bonds is 3. The highest BCUT2D eigenvalue weighted by molar-refractivity contribution is 6.08. The number of esters is 1. The lowest BCUT2D eigenvalue weighted by atomic mass is 9.64. The van der Waals surface area contributed by atoms with Crippen molar-refractivity contribution in [2.75, 3.05) is 6.54 Å². The first-order valence-corrected chi connectivity index (χ1v) is 9.48. The van der Waals surface area contributed by atoms with Gasteiger partial charge < -0.3 is 10.1 Å². The van der Waals surface area contributed by atoms with Gasteiger partial charge in [0.05, 0.1) is 0 Å². The Kier molecular flexibility index (Phi) is 4.84. The Hall–Kier alpha value is -1.92. The minimum absolute atomic E-state index is 0.0638. The van der Waals surface area contributed by atoms with Crippen LogP contribution in [0.1, 0.15) is 65.7 Å². The maximum atomic E-state index is 13.0. The number of hydrogen-bond acceptors (Lipinski definition) is 5. The van der Waals surface area contributed by atoms with E-state index in [1.54, 1.807) is 0 Å². The van der Waals surface area contributed by atoms with Gasteiger partial charge in [-0.05, 0) is 49.9 Å². The molecule has 0 radical (unpaired) electrons. The van der Waals surface area contributed by atoms with Crippen molar-refractivity contribution in [2.45, 2.75) is 77.4 Å². The number of Topliss-reactive ketones (excluding diaryl/α,β-unsaturated/α-hetero) is 1. The van der Waals surface area contributed by atoms with Gasteiger partial charge >= 0.3 is 12.0 Å². The summed E-state index contributed by atoms with van der Waals surface area (Å²) in [5, 5.41) is 2.84. The van der Waals surface area contributed by atoms with Crippen LogP contribution in [0.2, 0.25) is 0 Å². The van der Waals surface area contributed by atoms with E-state index in [0.29, 0.717) is 31.6 Å². The molecular formula is C19H28N2O5. The zero-order valence-corrected chi connectivity index (χ0v) is 15.8. The van der Waals surface area contributed by atoms with E-state index < -0.39 is 30.2 Å². The maximum absolute atomic E-state index is 13.0. The van der Waals surface area contributed by atoms with E-state index in [2.05, 4.69) is 26.1 Å². The molecule has 7 nitrogen and oxygen atoms in total. The molecule has 144 valence electrons. The van der Waals surface area contributed by atoms with Crippen molar-refractivity contribution >= 4 is 23.7 Å². The molecule has 0 aromatic heterocycles. The molecule has 2 saturated carbocycles. The predicted octanol–water partition coefficient (Wildman–Crippen LogP) is 2.18. The van der Waals surface area contributed by atoms with E-state index in [0.717, 1.165) is 24.2 Å². The van der Waals surface area contributed by atoms with Crippen LogP contribution in [0.25, 0.3) is 0 Å². The highest BCUT2D eigenvalue weighted by Gasteiger charge is 2.56. The highest BCUT2D eigenvalue weighted by Crippen LogP contribution is 2.46. The van der Waals surface area contributed by atoms with Crippen molar-refractivity contribution in [3.63, 3.8) is 0 Å². The van der Waals surface area contributed by atoms with Crippen LogP contribution < -0.4 is 5.32 Å². The third-order valence-corrected chi connectivity index (χ3v) is 5.68. The first-order chi connectivity index (χ1) is 12.1. The van der Waals surface area contributed by atoms with E-state index in [9.17, 15) is 19.2 Å². The van der Waals surface area contributed by atoms with Gasteiger partial charge in [-0.25, -0.2) is 4.79 Å². The van der Waals surface area contributed by atoms with E-state index in [1.807, 2.05) is 0 Å². The molecule has 3 amide bonds. The maximum Gasteiger partial charge on any atom is 0.326 e. The second-order valence-electron chi connectivity index (χ2n) is 8.95. The quantitative estimate of drug-likeness (QED) is 0.612. The van der Waals surface area contributed by atoms with Crippen molar-refractivity contribution in [1.29, 1.82) is 0 Å². The van der Waals surface area contributed by atoms with Gasteiger partial charge in [0.2, 0.25) is 0 Å². The van der Waals surface area contributed by atoms with Gasteiger partial charge in [0, 0.05) is 6.42 Å². The number of carbonyl (C=O) groups is 4. The molecule has 0 aromatic rings. The summed E-state index contributed by atoms with van der Waals surface area (Å²) in [6.07, 6.45) is 3.97. The number of imide groups is 1. The fourth-order valence-corrected chi connectivity index (χ4v) is 5.05. The largest absolute Gasteiger partial charge is 0.453 e. The molecule has 1 heterocycles. The van der Waals surface area contributed by atoms with Crippen LogP contribution >= 0.6 is 0 Å². The van der Waals surface area contributed by atoms with E-state index in [1.165, 1.54) is 0 Å². The molecule has 1 saturated heterocycles. The fraction of sp³-hybridized carbons (Fsp3) is 0.789. The predicted molar refractivity (Wildman–Crippen MR) is 93.1 cm³/mol. The molecule has 3 aliphatic rings. The molecule has 0 unspecified atom stereocenters. The smallest absolute Gasteiger partial charge is 0.326 e. The molecule has 0 aromatic carbocycles. The third-order valence-electron chi connectivity index (χ3n) is 5.68. The summed E-state index contributed by atoms with van der Waals surface area (Å²) in [6, 6.07) is -0.549. The fourth-order valence-electron chi connectivity index (χ4n) is 5.05. The summed E-state index contributed by atoms with van der Waals surface area (Å²) in [7, 11) is 0. The molecule has 2 aliphatic carbocycles. The minimum atomic E-state index is -0.931. The monoisotopic (exact) mass is 364 g/mol. The Bertz CT molecular complexity index is 644. The van der Waals surface area contributed by atoms with Crippen molar-refractivity contribution in [3.05, 3.63) is 0 Å². The summed E-state index contributed by atoms with van der Waals surface area (Å²) in [5.74, 6) is -0.834. The number of ether oxygens (including phenoxy) is 1. The summed E-state index contributed by atoms with van der Waals surface area (Å²) >= 11 is 0. The van der Waals surface area contributed by atoms with Gasteiger partial charge in [0.15, 0.2) is 11.9 Å². The number of nitrogens with zero attached hydrogens (tertiary/aromatic N) is 1. The number of hydrogen-bond donors (Lipinski definition) is 1.